The lowest BCUT2D eigenvalue weighted by atomic mass is 10.1. The third kappa shape index (κ3) is 6.98. The van der Waals surface area contributed by atoms with Crippen molar-refractivity contribution in [2.75, 3.05) is 50.1 Å². The number of likely N-dealkylation sites (N-methyl/N-ethyl adjacent to an activating group) is 1. The number of anilines is 3. The molecule has 1 saturated heterocycles. The van der Waals surface area contributed by atoms with Crippen molar-refractivity contribution in [3.63, 3.8) is 0 Å². The quantitative estimate of drug-likeness (QED) is 0.360. The second-order valence-corrected chi connectivity index (χ2v) is 7.77. The minimum absolute atomic E-state index is 0.000341. The zero-order valence-corrected chi connectivity index (χ0v) is 19.7. The normalized spacial score (nSPS) is 14.3. The van der Waals surface area contributed by atoms with Gasteiger partial charge in [-0.2, -0.15) is 0 Å². The molecule has 0 aliphatic carbocycles. The number of allylic oxidation sites excluding steroid dienone is 1. The van der Waals surface area contributed by atoms with E-state index in [1.807, 2.05) is 26.7 Å². The van der Waals surface area contributed by atoms with Gasteiger partial charge in [0.05, 0.1) is 17.3 Å². The fraction of sp³-hybridized carbons (Fsp3) is 0.435. The minimum Gasteiger partial charge on any atom is -0.486 e. The lowest BCUT2D eigenvalue weighted by molar-refractivity contribution is -0.383. The number of carbonyl (C=O) groups excluding carboxylic acids is 1. The van der Waals surface area contributed by atoms with E-state index in [0.29, 0.717) is 18.0 Å². The number of rotatable bonds is 8. The van der Waals surface area contributed by atoms with Gasteiger partial charge in [-0.05, 0) is 39.0 Å². The molecule has 1 fully saturated rings. The molecule has 33 heavy (non-hydrogen) atoms. The SMILES string of the molecule is C=O.CC/C=C(\C)COc1cnc(Nc2c([N+](=O)[O-])ccc(N3CCN(C)CC3)c2C)nc1. The number of hydrogen-bond donors (Lipinski definition) is 1. The highest BCUT2D eigenvalue weighted by Gasteiger charge is 2.23. The molecule has 0 amide bonds. The van der Waals surface area contributed by atoms with Crippen LogP contribution < -0.4 is 15.0 Å². The van der Waals surface area contributed by atoms with Gasteiger partial charge in [0.1, 0.15) is 19.1 Å². The molecule has 0 bridgehead atoms. The van der Waals surface area contributed by atoms with Crippen molar-refractivity contribution in [2.24, 2.45) is 0 Å². The number of nitrogens with one attached hydrogen (secondary N) is 1. The van der Waals surface area contributed by atoms with Crippen LogP contribution in [0.3, 0.4) is 0 Å². The largest absolute Gasteiger partial charge is 0.486 e. The molecule has 1 aromatic heterocycles. The Bertz CT molecular complexity index is 956. The van der Waals surface area contributed by atoms with E-state index in [0.717, 1.165) is 49.4 Å². The van der Waals surface area contributed by atoms with Crippen molar-refractivity contribution in [1.29, 1.82) is 0 Å². The first kappa shape index (κ1) is 25.7. The predicted molar refractivity (Wildman–Crippen MR) is 130 cm³/mol. The van der Waals surface area contributed by atoms with Crippen LogP contribution >= 0.6 is 0 Å². The zero-order chi connectivity index (χ0) is 24.4. The number of nitro groups is 1. The average molecular weight is 457 g/mol. The molecule has 0 unspecified atom stereocenters. The number of benzene rings is 1. The molecule has 2 heterocycles. The van der Waals surface area contributed by atoms with Gasteiger partial charge >= 0.3 is 0 Å². The van der Waals surface area contributed by atoms with Gasteiger partial charge in [-0.3, -0.25) is 10.1 Å². The summed E-state index contributed by atoms with van der Waals surface area (Å²) >= 11 is 0. The van der Waals surface area contributed by atoms with E-state index in [1.165, 1.54) is 0 Å². The summed E-state index contributed by atoms with van der Waals surface area (Å²) in [6.07, 6.45) is 6.20. The van der Waals surface area contributed by atoms with Crippen LogP contribution in [0.4, 0.5) is 23.0 Å². The summed E-state index contributed by atoms with van der Waals surface area (Å²) in [5.41, 5.74) is 3.34. The first-order chi connectivity index (χ1) is 15.9. The number of piperazine rings is 1. The Morgan fingerprint density at radius 3 is 2.45 bits per heavy atom. The van der Waals surface area contributed by atoms with Gasteiger partial charge in [0.25, 0.3) is 5.69 Å². The molecule has 178 valence electrons. The Labute approximate surface area is 194 Å². The van der Waals surface area contributed by atoms with E-state index in [4.69, 9.17) is 9.53 Å². The van der Waals surface area contributed by atoms with Crippen LogP contribution in [-0.4, -0.2) is 66.4 Å². The first-order valence-corrected chi connectivity index (χ1v) is 10.8. The lowest BCUT2D eigenvalue weighted by Gasteiger charge is -2.35. The van der Waals surface area contributed by atoms with Crippen LogP contribution in [0.15, 0.2) is 36.2 Å². The van der Waals surface area contributed by atoms with E-state index in [2.05, 4.69) is 45.1 Å². The number of carbonyl (C=O) groups is 1. The van der Waals surface area contributed by atoms with Crippen molar-refractivity contribution in [2.45, 2.75) is 27.2 Å². The molecular weight excluding hydrogens is 424 g/mol. The molecule has 1 aliphatic heterocycles. The van der Waals surface area contributed by atoms with Crippen LogP contribution in [0.2, 0.25) is 0 Å². The maximum Gasteiger partial charge on any atom is 0.293 e. The van der Waals surface area contributed by atoms with E-state index in [1.54, 1.807) is 18.5 Å². The molecular formula is C23H32N6O4. The smallest absolute Gasteiger partial charge is 0.293 e. The second kappa shape index (κ2) is 12.5. The van der Waals surface area contributed by atoms with Gasteiger partial charge in [0.2, 0.25) is 5.95 Å². The summed E-state index contributed by atoms with van der Waals surface area (Å²) in [6, 6.07) is 3.37. The molecule has 1 aliphatic rings. The van der Waals surface area contributed by atoms with Gasteiger partial charge < -0.3 is 24.6 Å². The molecule has 10 heteroatoms. The van der Waals surface area contributed by atoms with Crippen molar-refractivity contribution in [1.82, 2.24) is 14.9 Å². The van der Waals surface area contributed by atoms with Crippen molar-refractivity contribution in [3.05, 3.63) is 51.9 Å². The summed E-state index contributed by atoms with van der Waals surface area (Å²) < 4.78 is 5.68. The summed E-state index contributed by atoms with van der Waals surface area (Å²) in [5, 5.41) is 14.7. The van der Waals surface area contributed by atoms with Crippen LogP contribution in [0.25, 0.3) is 0 Å². The van der Waals surface area contributed by atoms with Crippen LogP contribution in [0.1, 0.15) is 25.8 Å². The maximum atomic E-state index is 11.6. The first-order valence-electron chi connectivity index (χ1n) is 10.8. The van der Waals surface area contributed by atoms with E-state index in [-0.39, 0.29) is 16.6 Å². The van der Waals surface area contributed by atoms with E-state index < -0.39 is 0 Å². The van der Waals surface area contributed by atoms with Crippen molar-refractivity contribution in [3.8, 4) is 5.75 Å². The Morgan fingerprint density at radius 1 is 1.24 bits per heavy atom. The number of hydrogen-bond acceptors (Lipinski definition) is 9. The monoisotopic (exact) mass is 456 g/mol. The fourth-order valence-electron chi connectivity index (χ4n) is 3.56. The van der Waals surface area contributed by atoms with Crippen molar-refractivity contribution >= 4 is 29.8 Å². The Hall–Kier alpha value is -3.53. The molecule has 3 rings (SSSR count). The highest BCUT2D eigenvalue weighted by atomic mass is 16.6. The van der Waals surface area contributed by atoms with E-state index in [9.17, 15) is 10.1 Å². The summed E-state index contributed by atoms with van der Waals surface area (Å²) in [5.74, 6) is 0.835. The van der Waals surface area contributed by atoms with Gasteiger partial charge in [-0.25, -0.2) is 9.97 Å². The Morgan fingerprint density at radius 2 is 1.88 bits per heavy atom. The molecule has 2 aromatic rings. The third-order valence-electron chi connectivity index (χ3n) is 5.34. The number of nitrogens with zero attached hydrogens (tertiary/aromatic N) is 5. The van der Waals surface area contributed by atoms with Crippen LogP contribution in [0.5, 0.6) is 5.75 Å². The Kier molecular flexibility index (Phi) is 9.74. The molecule has 10 nitrogen and oxygen atoms in total. The second-order valence-electron chi connectivity index (χ2n) is 7.77. The number of nitro benzene ring substituents is 1. The van der Waals surface area contributed by atoms with Gasteiger partial charge in [-0.1, -0.05) is 13.0 Å². The molecule has 1 aromatic carbocycles. The summed E-state index contributed by atoms with van der Waals surface area (Å²) in [7, 11) is 2.10. The molecule has 0 radical (unpaired) electrons. The average Bonchev–Trinajstić information content (AvgIpc) is 2.82. The molecule has 0 atom stereocenters. The highest BCUT2D eigenvalue weighted by Crippen LogP contribution is 2.36. The van der Waals surface area contributed by atoms with Gasteiger partial charge in [-0.15, -0.1) is 0 Å². The summed E-state index contributed by atoms with van der Waals surface area (Å²) in [4.78, 5) is 32.3. The number of aromatic nitrogens is 2. The fourth-order valence-corrected chi connectivity index (χ4v) is 3.56. The van der Waals surface area contributed by atoms with Gasteiger partial charge in [0.15, 0.2) is 5.75 Å². The topological polar surface area (TPSA) is 114 Å². The molecule has 0 saturated carbocycles. The third-order valence-corrected chi connectivity index (χ3v) is 5.34. The highest BCUT2D eigenvalue weighted by molar-refractivity contribution is 5.78. The van der Waals surface area contributed by atoms with Crippen molar-refractivity contribution < 1.29 is 14.5 Å². The van der Waals surface area contributed by atoms with Crippen LogP contribution in [-0.2, 0) is 4.79 Å². The van der Waals surface area contributed by atoms with E-state index >= 15 is 0 Å². The van der Waals surface area contributed by atoms with Crippen LogP contribution in [0, 0.1) is 17.0 Å². The minimum atomic E-state index is -0.385. The van der Waals surface area contributed by atoms with Gasteiger partial charge in [0, 0.05) is 43.5 Å². The molecule has 1 N–H and O–H groups in total. The lowest BCUT2D eigenvalue weighted by Crippen LogP contribution is -2.44. The standard InChI is InChI=1S/C22H30N6O3.CH2O/c1-5-6-16(2)15-31-18-13-23-22(24-14-18)25-21-17(3)19(7-8-20(21)28(29)30)27-11-9-26(4)10-12-27;1-2/h6-8,13-14H,5,9-12,15H2,1-4H3,(H,23,24,25);1H2/b16-6+;. The number of ether oxygens (including phenoxy) is 1. The predicted octanol–water partition coefficient (Wildman–Crippen LogP) is 3.74. The maximum absolute atomic E-state index is 11.6. The summed E-state index contributed by atoms with van der Waals surface area (Å²) in [6.45, 7) is 12.1. The Balaban J connectivity index is 0.00000187. The zero-order valence-electron chi connectivity index (χ0n) is 19.7. The molecule has 0 spiro atoms.